The summed E-state index contributed by atoms with van der Waals surface area (Å²) in [4.78, 5) is 0. The molecule has 2 atom stereocenters. The van der Waals surface area contributed by atoms with E-state index in [-0.39, 0.29) is 0 Å². The molecular weight excluding hydrogens is 242 g/mol. The van der Waals surface area contributed by atoms with Crippen LogP contribution in [0.25, 0.3) is 11.0 Å². The van der Waals surface area contributed by atoms with Crippen LogP contribution in [0.1, 0.15) is 31.2 Å². The number of para-hydroxylation sites is 1. The zero-order chi connectivity index (χ0) is 12.5. The van der Waals surface area contributed by atoms with Crippen molar-refractivity contribution in [3.63, 3.8) is 0 Å². The Balaban J connectivity index is 2.00. The van der Waals surface area contributed by atoms with Crippen LogP contribution >= 0.6 is 11.8 Å². The Morgan fingerprint density at radius 3 is 2.94 bits per heavy atom. The molecule has 0 radical (unpaired) electrons. The van der Waals surface area contributed by atoms with E-state index >= 15 is 0 Å². The van der Waals surface area contributed by atoms with Gasteiger partial charge in [0.1, 0.15) is 11.3 Å². The Labute approximate surface area is 112 Å². The molecule has 2 unspecified atom stereocenters. The van der Waals surface area contributed by atoms with Gasteiger partial charge < -0.3 is 9.73 Å². The molecule has 1 saturated heterocycles. The van der Waals surface area contributed by atoms with Crippen LogP contribution in [0, 0.1) is 0 Å². The number of hydrogen-bond donors (Lipinski definition) is 1. The summed E-state index contributed by atoms with van der Waals surface area (Å²) in [5, 5.41) is 5.59. The number of benzene rings is 1. The molecule has 96 valence electrons. The summed E-state index contributed by atoms with van der Waals surface area (Å²) >= 11 is 2.03. The topological polar surface area (TPSA) is 25.2 Å². The summed E-state index contributed by atoms with van der Waals surface area (Å²) in [6.07, 6.45) is 1.03. The van der Waals surface area contributed by atoms with E-state index < -0.39 is 0 Å². The lowest BCUT2D eigenvalue weighted by molar-refractivity contribution is 0.445. The van der Waals surface area contributed by atoms with Gasteiger partial charge >= 0.3 is 0 Å². The quantitative estimate of drug-likeness (QED) is 0.891. The van der Waals surface area contributed by atoms with Crippen molar-refractivity contribution in [2.24, 2.45) is 0 Å². The lowest BCUT2D eigenvalue weighted by atomic mass is 10.0. The van der Waals surface area contributed by atoms with Gasteiger partial charge in [-0.05, 0) is 12.5 Å². The molecule has 0 amide bonds. The molecule has 0 spiro atoms. The highest BCUT2D eigenvalue weighted by Gasteiger charge is 2.25. The van der Waals surface area contributed by atoms with Crippen molar-refractivity contribution in [1.29, 1.82) is 0 Å². The minimum absolute atomic E-state index is 0.369. The molecule has 1 fully saturated rings. The summed E-state index contributed by atoms with van der Waals surface area (Å²) in [7, 11) is 0. The average molecular weight is 261 g/mol. The molecule has 3 rings (SSSR count). The molecule has 2 nitrogen and oxygen atoms in total. The average Bonchev–Trinajstić information content (AvgIpc) is 2.78. The van der Waals surface area contributed by atoms with Crippen LogP contribution in [0.3, 0.4) is 0 Å². The SMILES string of the molecule is CCc1c(C2CSC(C)CN2)oc2ccccc12. The molecular formula is C15H19NOS. The van der Waals surface area contributed by atoms with E-state index in [4.69, 9.17) is 4.42 Å². The maximum atomic E-state index is 6.09. The third-order valence-corrected chi connectivity index (χ3v) is 4.86. The Morgan fingerprint density at radius 2 is 2.22 bits per heavy atom. The molecule has 0 aliphatic carbocycles. The van der Waals surface area contributed by atoms with E-state index in [2.05, 4.69) is 37.4 Å². The smallest absolute Gasteiger partial charge is 0.134 e. The van der Waals surface area contributed by atoms with Crippen molar-refractivity contribution < 1.29 is 4.42 Å². The van der Waals surface area contributed by atoms with Crippen LogP contribution < -0.4 is 5.32 Å². The van der Waals surface area contributed by atoms with E-state index in [0.29, 0.717) is 11.3 Å². The molecule has 2 aromatic rings. The second kappa shape index (κ2) is 4.98. The van der Waals surface area contributed by atoms with E-state index in [1.165, 1.54) is 10.9 Å². The van der Waals surface area contributed by atoms with Gasteiger partial charge in [0.05, 0.1) is 6.04 Å². The van der Waals surface area contributed by atoms with E-state index in [1.807, 2.05) is 17.8 Å². The predicted octanol–water partition coefficient (Wildman–Crippen LogP) is 3.76. The van der Waals surface area contributed by atoms with Crippen LogP contribution in [-0.2, 0) is 6.42 Å². The van der Waals surface area contributed by atoms with Gasteiger partial charge in [0.25, 0.3) is 0 Å². The first kappa shape index (κ1) is 12.1. The Hall–Kier alpha value is -0.930. The van der Waals surface area contributed by atoms with Crippen molar-refractivity contribution in [3.05, 3.63) is 35.6 Å². The molecule has 1 N–H and O–H groups in total. The highest BCUT2D eigenvalue weighted by molar-refractivity contribution is 8.00. The van der Waals surface area contributed by atoms with Gasteiger partial charge in [0.15, 0.2) is 0 Å². The van der Waals surface area contributed by atoms with Crippen LogP contribution in [0.5, 0.6) is 0 Å². The fourth-order valence-corrected chi connectivity index (χ4v) is 3.62. The zero-order valence-electron chi connectivity index (χ0n) is 10.9. The third kappa shape index (κ3) is 2.06. The summed E-state index contributed by atoms with van der Waals surface area (Å²) in [5.74, 6) is 2.26. The summed E-state index contributed by atoms with van der Waals surface area (Å²) in [5.41, 5.74) is 2.40. The van der Waals surface area contributed by atoms with Gasteiger partial charge in [0, 0.05) is 28.5 Å². The third-order valence-electron chi connectivity index (χ3n) is 3.60. The maximum absolute atomic E-state index is 6.09. The minimum Gasteiger partial charge on any atom is -0.459 e. The highest BCUT2D eigenvalue weighted by atomic mass is 32.2. The standard InChI is InChI=1S/C15H19NOS/c1-3-11-12-6-4-5-7-14(12)17-15(11)13-9-18-10(2)8-16-13/h4-7,10,13,16H,3,8-9H2,1-2H3. The Kier molecular flexibility index (Phi) is 3.35. The minimum atomic E-state index is 0.369. The van der Waals surface area contributed by atoms with Crippen molar-refractivity contribution in [2.45, 2.75) is 31.6 Å². The van der Waals surface area contributed by atoms with Gasteiger partial charge in [-0.3, -0.25) is 0 Å². The first-order valence-corrected chi connectivity index (χ1v) is 7.69. The Morgan fingerprint density at radius 1 is 1.39 bits per heavy atom. The van der Waals surface area contributed by atoms with Gasteiger partial charge in [-0.1, -0.05) is 32.0 Å². The fraction of sp³-hybridized carbons (Fsp3) is 0.467. The second-order valence-electron chi connectivity index (χ2n) is 4.90. The largest absolute Gasteiger partial charge is 0.459 e. The van der Waals surface area contributed by atoms with Crippen molar-refractivity contribution in [2.75, 3.05) is 12.3 Å². The first-order chi connectivity index (χ1) is 8.79. The summed E-state index contributed by atoms with van der Waals surface area (Å²) in [6.45, 7) is 5.54. The van der Waals surface area contributed by atoms with E-state index in [1.54, 1.807) is 0 Å². The number of fused-ring (bicyclic) bond motifs is 1. The van der Waals surface area contributed by atoms with Crippen LogP contribution in [0.4, 0.5) is 0 Å². The Bertz CT molecular complexity index is 540. The van der Waals surface area contributed by atoms with Crippen molar-refractivity contribution in [1.82, 2.24) is 5.32 Å². The number of furan rings is 1. The molecule has 1 aliphatic rings. The molecule has 0 saturated carbocycles. The van der Waals surface area contributed by atoms with Crippen molar-refractivity contribution in [3.8, 4) is 0 Å². The second-order valence-corrected chi connectivity index (χ2v) is 6.37. The van der Waals surface area contributed by atoms with Gasteiger partial charge in [-0.15, -0.1) is 0 Å². The number of aryl methyl sites for hydroxylation is 1. The van der Waals surface area contributed by atoms with Gasteiger partial charge in [-0.25, -0.2) is 0 Å². The highest BCUT2D eigenvalue weighted by Crippen LogP contribution is 2.34. The monoisotopic (exact) mass is 261 g/mol. The fourth-order valence-electron chi connectivity index (χ4n) is 2.62. The number of nitrogens with one attached hydrogen (secondary N) is 1. The number of hydrogen-bond acceptors (Lipinski definition) is 3. The zero-order valence-corrected chi connectivity index (χ0v) is 11.7. The van der Waals surface area contributed by atoms with E-state index in [9.17, 15) is 0 Å². The summed E-state index contributed by atoms with van der Waals surface area (Å²) < 4.78 is 6.09. The van der Waals surface area contributed by atoms with E-state index in [0.717, 1.165) is 30.1 Å². The lowest BCUT2D eigenvalue weighted by Gasteiger charge is -2.26. The van der Waals surface area contributed by atoms with Gasteiger partial charge in [0.2, 0.25) is 0 Å². The molecule has 1 aliphatic heterocycles. The van der Waals surface area contributed by atoms with Crippen LogP contribution in [0.2, 0.25) is 0 Å². The first-order valence-electron chi connectivity index (χ1n) is 6.65. The van der Waals surface area contributed by atoms with Gasteiger partial charge in [-0.2, -0.15) is 11.8 Å². The number of thioether (sulfide) groups is 1. The normalized spacial score (nSPS) is 24.6. The molecule has 0 bridgehead atoms. The molecule has 3 heteroatoms. The molecule has 2 heterocycles. The van der Waals surface area contributed by atoms with Crippen LogP contribution in [-0.4, -0.2) is 17.5 Å². The van der Waals surface area contributed by atoms with Crippen LogP contribution in [0.15, 0.2) is 28.7 Å². The lowest BCUT2D eigenvalue weighted by Crippen LogP contribution is -2.34. The molecule has 18 heavy (non-hydrogen) atoms. The molecule has 1 aromatic carbocycles. The molecule has 1 aromatic heterocycles. The predicted molar refractivity (Wildman–Crippen MR) is 78.3 cm³/mol. The maximum Gasteiger partial charge on any atom is 0.134 e. The van der Waals surface area contributed by atoms with Crippen molar-refractivity contribution >= 4 is 22.7 Å². The number of rotatable bonds is 2. The summed E-state index contributed by atoms with van der Waals surface area (Å²) in [6, 6.07) is 8.73.